The van der Waals surface area contributed by atoms with E-state index in [-0.39, 0.29) is 5.60 Å². The Morgan fingerprint density at radius 2 is 2.20 bits per heavy atom. The molecule has 0 aromatic carbocycles. The van der Waals surface area contributed by atoms with Gasteiger partial charge in [0.15, 0.2) is 0 Å². The molecule has 0 amide bonds. The first-order valence-electron chi connectivity index (χ1n) is 3.45. The van der Waals surface area contributed by atoms with Gasteiger partial charge in [-0.25, -0.2) is 0 Å². The quantitative estimate of drug-likeness (QED) is 0.564. The highest BCUT2D eigenvalue weighted by Gasteiger charge is 2.27. The number of hydrogen-bond acceptors (Lipinski definition) is 2. The maximum absolute atomic E-state index is 5.69. The number of ether oxygens (including phenoxy) is 2. The Labute approximate surface area is 75.4 Å². The second-order valence-electron chi connectivity index (χ2n) is 3.17. The van der Waals surface area contributed by atoms with Gasteiger partial charge < -0.3 is 9.47 Å². The Balaban J connectivity index is 2.21. The molecule has 0 bridgehead atoms. The second-order valence-corrected chi connectivity index (χ2v) is 3.93. The van der Waals surface area contributed by atoms with E-state index < -0.39 is 0 Å². The maximum atomic E-state index is 5.69. The van der Waals surface area contributed by atoms with Crippen molar-refractivity contribution in [2.45, 2.75) is 25.6 Å². The molecule has 1 rings (SSSR count). The summed E-state index contributed by atoms with van der Waals surface area (Å²) in [7, 11) is 0. The third-order valence-electron chi connectivity index (χ3n) is 1.42. The predicted molar refractivity (Wildman–Crippen MR) is 48.7 cm³/mol. The van der Waals surface area contributed by atoms with Gasteiger partial charge in [0.1, 0.15) is 6.10 Å². The van der Waals surface area contributed by atoms with Crippen molar-refractivity contribution in [2.75, 3.05) is 17.6 Å². The van der Waals surface area contributed by atoms with Gasteiger partial charge in [0.25, 0.3) is 0 Å². The number of rotatable bonds is 3. The second kappa shape index (κ2) is 3.36. The summed E-state index contributed by atoms with van der Waals surface area (Å²) in [4.78, 5) is 0. The number of hydrogen-bond donors (Lipinski definition) is 0. The van der Waals surface area contributed by atoms with Crippen molar-refractivity contribution < 1.29 is 9.47 Å². The fourth-order valence-corrected chi connectivity index (χ4v) is 0.945. The van der Waals surface area contributed by atoms with Crippen LogP contribution in [0.15, 0.2) is 0 Å². The van der Waals surface area contributed by atoms with E-state index in [9.17, 15) is 0 Å². The summed E-state index contributed by atoms with van der Waals surface area (Å²) in [5.74, 6) is 0. The van der Waals surface area contributed by atoms with E-state index in [2.05, 4.69) is 36.4 Å². The fraction of sp³-hybridized carbons (Fsp3) is 1.00. The van der Waals surface area contributed by atoms with E-state index >= 15 is 0 Å². The van der Waals surface area contributed by atoms with Gasteiger partial charge in [0, 0.05) is 4.43 Å². The summed E-state index contributed by atoms with van der Waals surface area (Å²) in [6.45, 7) is 5.77. The number of halogens is 1. The summed E-state index contributed by atoms with van der Waals surface area (Å²) in [5.41, 5.74) is 0.0228. The molecule has 0 atom stereocenters. The van der Waals surface area contributed by atoms with Crippen molar-refractivity contribution in [1.82, 2.24) is 0 Å². The largest absolute Gasteiger partial charge is 0.376 e. The van der Waals surface area contributed by atoms with E-state index in [1.165, 1.54) is 0 Å². The molecule has 0 aliphatic carbocycles. The first-order chi connectivity index (χ1) is 4.64. The van der Waals surface area contributed by atoms with E-state index in [1.807, 2.05) is 0 Å². The van der Waals surface area contributed by atoms with Crippen molar-refractivity contribution in [1.29, 1.82) is 0 Å². The van der Waals surface area contributed by atoms with Crippen LogP contribution in [0.2, 0.25) is 0 Å². The molecule has 1 saturated heterocycles. The maximum Gasteiger partial charge on any atom is 0.105 e. The molecule has 10 heavy (non-hydrogen) atoms. The fourth-order valence-electron chi connectivity index (χ4n) is 0.765. The number of alkyl halides is 1. The SMILES string of the molecule is CC(C)(CI)OC1COC1. The van der Waals surface area contributed by atoms with Gasteiger partial charge in [0.05, 0.1) is 18.8 Å². The van der Waals surface area contributed by atoms with Crippen LogP contribution in [-0.2, 0) is 9.47 Å². The summed E-state index contributed by atoms with van der Waals surface area (Å²) in [5, 5.41) is 0. The molecule has 2 nitrogen and oxygen atoms in total. The van der Waals surface area contributed by atoms with Gasteiger partial charge in [-0.1, -0.05) is 22.6 Å². The third-order valence-corrected chi connectivity index (χ3v) is 3.25. The van der Waals surface area contributed by atoms with Crippen LogP contribution in [0.3, 0.4) is 0 Å². The zero-order valence-corrected chi connectivity index (χ0v) is 8.55. The highest BCUT2D eigenvalue weighted by atomic mass is 127. The molecule has 3 heteroatoms. The smallest absolute Gasteiger partial charge is 0.105 e. The summed E-state index contributed by atoms with van der Waals surface area (Å²) < 4.78 is 11.7. The van der Waals surface area contributed by atoms with Crippen molar-refractivity contribution in [3.8, 4) is 0 Å². The Morgan fingerprint density at radius 3 is 2.50 bits per heavy atom. The van der Waals surface area contributed by atoms with E-state index in [0.717, 1.165) is 17.6 Å². The lowest BCUT2D eigenvalue weighted by molar-refractivity contribution is -0.174. The normalized spacial score (nSPS) is 20.7. The Bertz CT molecular complexity index is 110. The molecule has 1 aliphatic rings. The summed E-state index contributed by atoms with van der Waals surface area (Å²) in [6.07, 6.45) is 0.352. The van der Waals surface area contributed by atoms with Crippen molar-refractivity contribution >= 4 is 22.6 Å². The molecule has 1 fully saturated rings. The zero-order chi connectivity index (χ0) is 7.61. The molecule has 1 aliphatic heterocycles. The molecule has 0 aromatic rings. The molecular weight excluding hydrogens is 243 g/mol. The zero-order valence-electron chi connectivity index (χ0n) is 6.39. The van der Waals surface area contributed by atoms with Crippen LogP contribution >= 0.6 is 22.6 Å². The molecule has 1 heterocycles. The third kappa shape index (κ3) is 2.36. The minimum absolute atomic E-state index is 0.0228. The van der Waals surface area contributed by atoms with E-state index in [0.29, 0.717) is 6.10 Å². The van der Waals surface area contributed by atoms with E-state index in [4.69, 9.17) is 9.47 Å². The Hall–Kier alpha value is 0.650. The molecular formula is C7H13IO2. The molecule has 0 spiro atoms. The van der Waals surface area contributed by atoms with E-state index in [1.54, 1.807) is 0 Å². The van der Waals surface area contributed by atoms with Gasteiger partial charge in [-0.3, -0.25) is 0 Å². The van der Waals surface area contributed by atoms with Crippen LogP contribution in [-0.4, -0.2) is 29.3 Å². The average molecular weight is 256 g/mol. The van der Waals surface area contributed by atoms with Crippen molar-refractivity contribution in [3.63, 3.8) is 0 Å². The van der Waals surface area contributed by atoms with Gasteiger partial charge in [-0.05, 0) is 13.8 Å². The first kappa shape index (κ1) is 8.74. The highest BCUT2D eigenvalue weighted by molar-refractivity contribution is 14.1. The van der Waals surface area contributed by atoms with Crippen molar-refractivity contribution in [3.05, 3.63) is 0 Å². The molecule has 0 radical (unpaired) electrons. The summed E-state index contributed by atoms with van der Waals surface area (Å²) >= 11 is 2.34. The van der Waals surface area contributed by atoms with Crippen LogP contribution < -0.4 is 0 Å². The van der Waals surface area contributed by atoms with Crippen LogP contribution in [0.1, 0.15) is 13.8 Å². The minimum Gasteiger partial charge on any atom is -0.376 e. The Kier molecular flexibility index (Phi) is 2.94. The average Bonchev–Trinajstić information content (AvgIpc) is 1.80. The topological polar surface area (TPSA) is 18.5 Å². The lowest BCUT2D eigenvalue weighted by Gasteiger charge is -2.34. The monoisotopic (exact) mass is 256 g/mol. The van der Waals surface area contributed by atoms with Crippen LogP contribution in [0.4, 0.5) is 0 Å². The molecule has 0 unspecified atom stereocenters. The lowest BCUT2D eigenvalue weighted by atomic mass is 10.2. The lowest BCUT2D eigenvalue weighted by Crippen LogP contribution is -2.43. The van der Waals surface area contributed by atoms with Crippen molar-refractivity contribution in [2.24, 2.45) is 0 Å². The van der Waals surface area contributed by atoms with Crippen LogP contribution in [0, 0.1) is 0 Å². The first-order valence-corrected chi connectivity index (χ1v) is 4.98. The standard InChI is InChI=1S/C7H13IO2/c1-7(2,5-8)10-6-3-9-4-6/h6H,3-5H2,1-2H3. The Morgan fingerprint density at radius 1 is 1.60 bits per heavy atom. The van der Waals surface area contributed by atoms with Gasteiger partial charge in [-0.2, -0.15) is 0 Å². The molecule has 0 saturated carbocycles. The minimum atomic E-state index is 0.0228. The molecule has 60 valence electrons. The highest BCUT2D eigenvalue weighted by Crippen LogP contribution is 2.18. The predicted octanol–water partition coefficient (Wildman–Crippen LogP) is 1.62. The van der Waals surface area contributed by atoms with Gasteiger partial charge >= 0.3 is 0 Å². The molecule has 0 aromatic heterocycles. The van der Waals surface area contributed by atoms with Gasteiger partial charge in [-0.15, -0.1) is 0 Å². The van der Waals surface area contributed by atoms with Crippen LogP contribution in [0.25, 0.3) is 0 Å². The van der Waals surface area contributed by atoms with Gasteiger partial charge in [0.2, 0.25) is 0 Å². The van der Waals surface area contributed by atoms with Crippen LogP contribution in [0.5, 0.6) is 0 Å². The molecule has 0 N–H and O–H groups in total. The summed E-state index contributed by atoms with van der Waals surface area (Å²) in [6, 6.07) is 0.